The number of aliphatic hydroxyl groups is 1. The van der Waals surface area contributed by atoms with Crippen molar-refractivity contribution in [1.29, 1.82) is 0 Å². The van der Waals surface area contributed by atoms with Gasteiger partial charge < -0.3 is 14.6 Å². The number of amides is 1. The van der Waals surface area contributed by atoms with Crippen molar-refractivity contribution < 1.29 is 23.8 Å². The number of halogens is 1. The van der Waals surface area contributed by atoms with Gasteiger partial charge in [0.05, 0.1) is 24.8 Å². The number of rotatable bonds is 8. The molecule has 3 fully saturated rings. The lowest BCUT2D eigenvalue weighted by Crippen LogP contribution is -2.65. The van der Waals surface area contributed by atoms with Gasteiger partial charge in [0.1, 0.15) is 11.6 Å². The molecule has 3 aliphatic carbocycles. The maximum atomic E-state index is 14.7. The van der Waals surface area contributed by atoms with Crippen LogP contribution in [-0.4, -0.2) is 46.5 Å². The number of hydrogen-bond donors (Lipinski definition) is 2. The normalized spacial score (nSPS) is 22.8. The SMILES string of the molecule is COc1cccc(F)c1-c1cc(C)ncc1C(=O)Nc1nnc(OCC23CC(CO)(C2)C3)s1. The summed E-state index contributed by atoms with van der Waals surface area (Å²) >= 11 is 1.12. The van der Waals surface area contributed by atoms with E-state index in [9.17, 15) is 14.3 Å². The third-order valence-corrected chi connectivity index (χ3v) is 7.22. The quantitative estimate of drug-likeness (QED) is 0.515. The highest BCUT2D eigenvalue weighted by atomic mass is 32.1. The number of benzene rings is 1. The molecular weight excluding hydrogens is 447 g/mol. The minimum Gasteiger partial charge on any atom is -0.496 e. The molecule has 0 aliphatic heterocycles. The van der Waals surface area contributed by atoms with E-state index in [0.29, 0.717) is 28.8 Å². The maximum absolute atomic E-state index is 14.7. The Kier molecular flexibility index (Phi) is 5.29. The molecule has 2 heterocycles. The number of nitrogens with one attached hydrogen (secondary N) is 1. The molecule has 2 aromatic heterocycles. The van der Waals surface area contributed by atoms with Gasteiger partial charge in [0.25, 0.3) is 11.1 Å². The number of aliphatic hydroxyl groups excluding tert-OH is 1. The van der Waals surface area contributed by atoms with E-state index in [0.717, 1.165) is 30.6 Å². The topological polar surface area (TPSA) is 106 Å². The van der Waals surface area contributed by atoms with E-state index < -0.39 is 11.7 Å². The number of carbonyl (C=O) groups is 1. The summed E-state index contributed by atoms with van der Waals surface area (Å²) in [7, 11) is 1.45. The Bertz CT molecular complexity index is 1210. The summed E-state index contributed by atoms with van der Waals surface area (Å²) in [4.78, 5) is 17.3. The molecule has 172 valence electrons. The van der Waals surface area contributed by atoms with Crippen LogP contribution in [0.15, 0.2) is 30.5 Å². The Balaban J connectivity index is 1.31. The number of ether oxygens (including phenoxy) is 2. The Morgan fingerprint density at radius 1 is 1.27 bits per heavy atom. The van der Waals surface area contributed by atoms with Gasteiger partial charge in [-0.1, -0.05) is 11.2 Å². The summed E-state index contributed by atoms with van der Waals surface area (Å²) in [5.74, 6) is -0.676. The predicted octanol–water partition coefficient (Wildman–Crippen LogP) is 3.85. The second-order valence-electron chi connectivity index (χ2n) is 8.99. The Labute approximate surface area is 193 Å². The van der Waals surface area contributed by atoms with Crippen molar-refractivity contribution in [2.45, 2.75) is 26.2 Å². The molecule has 2 N–H and O–H groups in total. The van der Waals surface area contributed by atoms with E-state index in [4.69, 9.17) is 9.47 Å². The standard InChI is InChI=1S/C23H23FN4O4S/c1-13-6-14(18-16(24)4-3-5-17(18)31-2)15(7-25-13)19(30)26-20-27-28-21(33-20)32-12-23-8-22(9-23,10-23)11-29/h3-7,29H,8-12H2,1-2H3,(H,26,27,30). The predicted molar refractivity (Wildman–Crippen MR) is 120 cm³/mol. The molecular formula is C23H23FN4O4S. The van der Waals surface area contributed by atoms with Crippen LogP contribution in [0.4, 0.5) is 9.52 Å². The number of hydrogen-bond acceptors (Lipinski definition) is 8. The van der Waals surface area contributed by atoms with Crippen molar-refractivity contribution in [3.05, 3.63) is 47.5 Å². The number of methoxy groups -OCH3 is 1. The summed E-state index contributed by atoms with van der Waals surface area (Å²) in [5.41, 5.74) is 1.64. The zero-order valence-corrected chi connectivity index (χ0v) is 19.0. The molecule has 3 aliphatic rings. The number of anilines is 1. The van der Waals surface area contributed by atoms with E-state index in [1.54, 1.807) is 25.1 Å². The minimum atomic E-state index is -0.503. The van der Waals surface area contributed by atoms with Crippen LogP contribution in [0.1, 0.15) is 35.3 Å². The number of pyridine rings is 1. The number of aryl methyl sites for hydroxylation is 1. The van der Waals surface area contributed by atoms with E-state index >= 15 is 0 Å². The lowest BCUT2D eigenvalue weighted by molar-refractivity contribution is -0.235. The molecule has 33 heavy (non-hydrogen) atoms. The molecule has 8 nitrogen and oxygen atoms in total. The fourth-order valence-corrected chi connectivity index (χ4v) is 5.72. The summed E-state index contributed by atoms with van der Waals surface area (Å²) in [6.07, 6.45) is 4.33. The second-order valence-corrected chi connectivity index (χ2v) is 9.93. The lowest BCUT2D eigenvalue weighted by atomic mass is 9.36. The summed E-state index contributed by atoms with van der Waals surface area (Å²) in [5, 5.41) is 20.7. The van der Waals surface area contributed by atoms with Gasteiger partial charge in [-0.05, 0) is 61.1 Å². The van der Waals surface area contributed by atoms with Crippen LogP contribution in [0.5, 0.6) is 10.9 Å². The third kappa shape index (κ3) is 3.83. The molecule has 3 aromatic rings. The van der Waals surface area contributed by atoms with Crippen molar-refractivity contribution in [2.75, 3.05) is 25.6 Å². The van der Waals surface area contributed by atoms with Crippen molar-refractivity contribution in [1.82, 2.24) is 15.2 Å². The van der Waals surface area contributed by atoms with Gasteiger partial charge in [-0.15, -0.1) is 5.10 Å². The molecule has 6 rings (SSSR count). The molecule has 3 saturated carbocycles. The molecule has 0 spiro atoms. The fourth-order valence-electron chi connectivity index (χ4n) is 5.13. The highest BCUT2D eigenvalue weighted by Crippen LogP contribution is 2.72. The molecule has 0 radical (unpaired) electrons. The zero-order valence-electron chi connectivity index (χ0n) is 18.2. The lowest BCUT2D eigenvalue weighted by Gasteiger charge is -2.69. The van der Waals surface area contributed by atoms with Gasteiger partial charge in [0.2, 0.25) is 5.13 Å². The number of nitrogens with zero attached hydrogens (tertiary/aromatic N) is 3. The van der Waals surface area contributed by atoms with Crippen LogP contribution in [0.2, 0.25) is 0 Å². The summed E-state index contributed by atoms with van der Waals surface area (Å²) in [6.45, 7) is 2.52. The molecule has 0 saturated heterocycles. The Morgan fingerprint density at radius 2 is 2.06 bits per heavy atom. The van der Waals surface area contributed by atoms with Crippen LogP contribution in [-0.2, 0) is 0 Å². The molecule has 0 atom stereocenters. The van der Waals surface area contributed by atoms with E-state index in [2.05, 4.69) is 20.5 Å². The van der Waals surface area contributed by atoms with Gasteiger partial charge in [-0.3, -0.25) is 15.1 Å². The first kappa shape index (κ1) is 21.7. The van der Waals surface area contributed by atoms with Crippen LogP contribution in [0.3, 0.4) is 0 Å². The van der Waals surface area contributed by atoms with Crippen LogP contribution in [0.25, 0.3) is 11.1 Å². The maximum Gasteiger partial charge on any atom is 0.295 e. The van der Waals surface area contributed by atoms with Gasteiger partial charge in [0, 0.05) is 29.5 Å². The van der Waals surface area contributed by atoms with E-state index in [1.807, 2.05) is 0 Å². The van der Waals surface area contributed by atoms with Crippen LogP contribution in [0, 0.1) is 23.6 Å². The minimum absolute atomic E-state index is 0.115. The first-order valence-corrected chi connectivity index (χ1v) is 11.4. The first-order chi connectivity index (χ1) is 15.9. The largest absolute Gasteiger partial charge is 0.496 e. The van der Waals surface area contributed by atoms with Gasteiger partial charge in [-0.2, -0.15) is 0 Å². The van der Waals surface area contributed by atoms with Gasteiger partial charge in [-0.25, -0.2) is 4.39 Å². The average molecular weight is 471 g/mol. The monoisotopic (exact) mass is 470 g/mol. The third-order valence-electron chi connectivity index (χ3n) is 6.46. The summed E-state index contributed by atoms with van der Waals surface area (Å²) < 4.78 is 25.8. The van der Waals surface area contributed by atoms with Crippen molar-refractivity contribution in [3.8, 4) is 22.1 Å². The summed E-state index contributed by atoms with van der Waals surface area (Å²) in [6, 6.07) is 6.15. The fraction of sp³-hybridized carbons (Fsp3) is 0.391. The van der Waals surface area contributed by atoms with Crippen molar-refractivity contribution >= 4 is 22.4 Å². The van der Waals surface area contributed by atoms with Gasteiger partial charge >= 0.3 is 0 Å². The zero-order chi connectivity index (χ0) is 23.2. The first-order valence-electron chi connectivity index (χ1n) is 10.5. The number of carbonyl (C=O) groups excluding carboxylic acids is 1. The van der Waals surface area contributed by atoms with E-state index in [-0.39, 0.29) is 33.7 Å². The van der Waals surface area contributed by atoms with Gasteiger partial charge in [0.15, 0.2) is 0 Å². The van der Waals surface area contributed by atoms with Crippen molar-refractivity contribution in [3.63, 3.8) is 0 Å². The Morgan fingerprint density at radius 3 is 2.79 bits per heavy atom. The Hall–Kier alpha value is -3.11. The smallest absolute Gasteiger partial charge is 0.295 e. The second kappa shape index (κ2) is 8.03. The highest BCUT2D eigenvalue weighted by molar-refractivity contribution is 7.17. The molecule has 1 amide bonds. The van der Waals surface area contributed by atoms with Crippen LogP contribution < -0.4 is 14.8 Å². The van der Waals surface area contributed by atoms with E-state index in [1.165, 1.54) is 19.4 Å². The molecule has 0 unspecified atom stereocenters. The van der Waals surface area contributed by atoms with Crippen molar-refractivity contribution in [2.24, 2.45) is 10.8 Å². The number of aromatic nitrogens is 3. The molecule has 2 bridgehead atoms. The van der Waals surface area contributed by atoms with Crippen LogP contribution >= 0.6 is 11.3 Å². The highest BCUT2D eigenvalue weighted by Gasteiger charge is 2.67. The molecule has 1 aromatic carbocycles. The molecule has 10 heteroatoms. The average Bonchev–Trinajstić information content (AvgIpc) is 3.19.